The molecule has 0 aromatic carbocycles. The van der Waals surface area contributed by atoms with Gasteiger partial charge >= 0.3 is 6.03 Å². The molecule has 1 aromatic heterocycles. The van der Waals surface area contributed by atoms with E-state index in [0.29, 0.717) is 19.1 Å². The van der Waals surface area contributed by atoms with Gasteiger partial charge in [-0.15, -0.1) is 0 Å². The van der Waals surface area contributed by atoms with Crippen molar-refractivity contribution in [1.82, 2.24) is 25.2 Å². The van der Waals surface area contributed by atoms with Crippen LogP contribution in [0.3, 0.4) is 0 Å². The van der Waals surface area contributed by atoms with Gasteiger partial charge < -0.3 is 19.6 Å². The molecule has 1 aromatic rings. The topological polar surface area (TPSA) is 64.8 Å². The number of carbonyl (C=O) groups is 1. The summed E-state index contributed by atoms with van der Waals surface area (Å²) in [6, 6.07) is 0.287. The number of carbonyl (C=O) groups excluding carboxylic acids is 1. The minimum atomic E-state index is -0.0611. The van der Waals surface area contributed by atoms with E-state index in [1.807, 2.05) is 13.8 Å². The molecular formula is C17H31N5O2. The molecular weight excluding hydrogens is 306 g/mol. The predicted molar refractivity (Wildman–Crippen MR) is 94.0 cm³/mol. The molecule has 2 heterocycles. The second kappa shape index (κ2) is 8.48. The molecule has 1 fully saturated rings. The lowest BCUT2D eigenvalue weighted by Crippen LogP contribution is -2.52. The SMILES string of the molecule is CCN1CCN(C(C)CNC(=O)N(C)Cc2c(C)noc2C)CC1. The Balaban J connectivity index is 1.76. The van der Waals surface area contributed by atoms with Crippen LogP contribution in [-0.4, -0.2) is 78.2 Å². The van der Waals surface area contributed by atoms with Gasteiger partial charge in [-0.25, -0.2) is 4.79 Å². The zero-order valence-electron chi connectivity index (χ0n) is 15.6. The van der Waals surface area contributed by atoms with Crippen LogP contribution < -0.4 is 5.32 Å². The van der Waals surface area contributed by atoms with E-state index < -0.39 is 0 Å². The molecule has 0 spiro atoms. The molecule has 1 N–H and O–H groups in total. The Hall–Kier alpha value is -1.60. The number of piperazine rings is 1. The number of urea groups is 1. The first-order valence-corrected chi connectivity index (χ1v) is 8.79. The summed E-state index contributed by atoms with van der Waals surface area (Å²) in [5.41, 5.74) is 1.82. The van der Waals surface area contributed by atoms with Crippen molar-refractivity contribution in [2.24, 2.45) is 0 Å². The van der Waals surface area contributed by atoms with E-state index in [-0.39, 0.29) is 6.03 Å². The van der Waals surface area contributed by atoms with Crippen LogP contribution in [0, 0.1) is 13.8 Å². The van der Waals surface area contributed by atoms with E-state index in [1.165, 1.54) is 0 Å². The van der Waals surface area contributed by atoms with E-state index in [2.05, 4.69) is 34.1 Å². The van der Waals surface area contributed by atoms with Crippen molar-refractivity contribution in [2.45, 2.75) is 40.3 Å². The standard InChI is InChI=1S/C17H31N5O2/c1-6-21-7-9-22(10-8-21)13(2)11-18-17(23)20(5)12-16-14(3)19-24-15(16)4/h13H,6-12H2,1-5H3,(H,18,23). The van der Waals surface area contributed by atoms with E-state index in [4.69, 9.17) is 4.52 Å². The molecule has 7 nitrogen and oxygen atoms in total. The van der Waals surface area contributed by atoms with Crippen molar-refractivity contribution in [2.75, 3.05) is 46.3 Å². The molecule has 2 rings (SSSR count). The number of hydrogen-bond donors (Lipinski definition) is 1. The molecule has 1 aliphatic rings. The first kappa shape index (κ1) is 18.7. The van der Waals surface area contributed by atoms with Crippen LogP contribution in [0.4, 0.5) is 4.79 Å². The number of likely N-dealkylation sites (N-methyl/N-ethyl adjacent to an activating group) is 1. The maximum atomic E-state index is 12.3. The Labute approximate surface area is 144 Å². The van der Waals surface area contributed by atoms with E-state index in [0.717, 1.165) is 49.7 Å². The largest absolute Gasteiger partial charge is 0.361 e. The quantitative estimate of drug-likeness (QED) is 0.851. The number of aryl methyl sites for hydroxylation is 2. The van der Waals surface area contributed by atoms with Crippen LogP contribution in [0.1, 0.15) is 30.9 Å². The van der Waals surface area contributed by atoms with Gasteiger partial charge in [0.1, 0.15) is 5.76 Å². The fourth-order valence-electron chi connectivity index (χ4n) is 3.06. The summed E-state index contributed by atoms with van der Waals surface area (Å²) in [6.07, 6.45) is 0. The zero-order chi connectivity index (χ0) is 17.7. The van der Waals surface area contributed by atoms with E-state index in [1.54, 1.807) is 11.9 Å². The monoisotopic (exact) mass is 337 g/mol. The van der Waals surface area contributed by atoms with Gasteiger partial charge in [-0.3, -0.25) is 4.90 Å². The van der Waals surface area contributed by atoms with Crippen molar-refractivity contribution in [3.8, 4) is 0 Å². The first-order valence-electron chi connectivity index (χ1n) is 8.79. The highest BCUT2D eigenvalue weighted by Gasteiger charge is 2.21. The van der Waals surface area contributed by atoms with Gasteiger partial charge in [-0.2, -0.15) is 0 Å². The van der Waals surface area contributed by atoms with Gasteiger partial charge in [-0.05, 0) is 27.3 Å². The molecule has 1 unspecified atom stereocenters. The summed E-state index contributed by atoms with van der Waals surface area (Å²) >= 11 is 0. The molecule has 7 heteroatoms. The Kier molecular flexibility index (Phi) is 6.62. The summed E-state index contributed by atoms with van der Waals surface area (Å²) in [4.78, 5) is 18.9. The number of rotatable bonds is 6. The van der Waals surface area contributed by atoms with Crippen LogP contribution >= 0.6 is 0 Å². The maximum Gasteiger partial charge on any atom is 0.317 e. The molecule has 0 aliphatic carbocycles. The number of amides is 2. The van der Waals surface area contributed by atoms with Crippen molar-refractivity contribution < 1.29 is 9.32 Å². The average molecular weight is 337 g/mol. The van der Waals surface area contributed by atoms with Crippen molar-refractivity contribution >= 4 is 6.03 Å². The van der Waals surface area contributed by atoms with Crippen molar-refractivity contribution in [3.63, 3.8) is 0 Å². The Morgan fingerprint density at radius 2 is 2.00 bits per heavy atom. The molecule has 1 atom stereocenters. The van der Waals surface area contributed by atoms with Gasteiger partial charge in [0.15, 0.2) is 0 Å². The molecule has 24 heavy (non-hydrogen) atoms. The summed E-state index contributed by atoms with van der Waals surface area (Å²) in [5, 5.41) is 6.97. The lowest BCUT2D eigenvalue weighted by atomic mass is 10.2. The van der Waals surface area contributed by atoms with Crippen molar-refractivity contribution in [1.29, 1.82) is 0 Å². The summed E-state index contributed by atoms with van der Waals surface area (Å²) < 4.78 is 5.15. The molecule has 0 radical (unpaired) electrons. The molecule has 2 amide bonds. The minimum absolute atomic E-state index is 0.0611. The van der Waals surface area contributed by atoms with Gasteiger partial charge in [0.05, 0.1) is 12.2 Å². The third kappa shape index (κ3) is 4.70. The summed E-state index contributed by atoms with van der Waals surface area (Å²) in [7, 11) is 1.80. The molecule has 1 aliphatic heterocycles. The normalized spacial score (nSPS) is 17.7. The first-order chi connectivity index (χ1) is 11.4. The maximum absolute atomic E-state index is 12.3. The minimum Gasteiger partial charge on any atom is -0.361 e. The summed E-state index contributed by atoms with van der Waals surface area (Å²) in [5.74, 6) is 0.773. The third-order valence-corrected chi connectivity index (χ3v) is 4.95. The van der Waals surface area contributed by atoms with Crippen molar-refractivity contribution in [3.05, 3.63) is 17.0 Å². The zero-order valence-corrected chi connectivity index (χ0v) is 15.6. The highest BCUT2D eigenvalue weighted by molar-refractivity contribution is 5.73. The van der Waals surface area contributed by atoms with Gasteiger partial charge in [0, 0.05) is 51.4 Å². The third-order valence-electron chi connectivity index (χ3n) is 4.95. The molecule has 1 saturated heterocycles. The number of aromatic nitrogens is 1. The van der Waals surface area contributed by atoms with E-state index in [9.17, 15) is 4.79 Å². The highest BCUT2D eigenvalue weighted by Crippen LogP contribution is 2.14. The second-order valence-corrected chi connectivity index (χ2v) is 6.66. The molecule has 0 saturated carbocycles. The van der Waals surface area contributed by atoms with E-state index >= 15 is 0 Å². The predicted octanol–water partition coefficient (Wildman–Crippen LogP) is 1.46. The number of nitrogens with one attached hydrogen (secondary N) is 1. The average Bonchev–Trinajstić information content (AvgIpc) is 2.91. The Bertz CT molecular complexity index is 518. The Morgan fingerprint density at radius 1 is 1.33 bits per heavy atom. The Morgan fingerprint density at radius 3 is 2.54 bits per heavy atom. The number of hydrogen-bond acceptors (Lipinski definition) is 5. The lowest BCUT2D eigenvalue weighted by Gasteiger charge is -2.37. The highest BCUT2D eigenvalue weighted by atomic mass is 16.5. The smallest absolute Gasteiger partial charge is 0.317 e. The van der Waals surface area contributed by atoms with Crippen LogP contribution in [0.5, 0.6) is 0 Å². The van der Waals surface area contributed by atoms with Gasteiger partial charge in [0.2, 0.25) is 0 Å². The van der Waals surface area contributed by atoms with Gasteiger partial charge in [-0.1, -0.05) is 12.1 Å². The van der Waals surface area contributed by atoms with Crippen LogP contribution in [-0.2, 0) is 6.54 Å². The fourth-order valence-corrected chi connectivity index (χ4v) is 3.06. The van der Waals surface area contributed by atoms with Crippen LogP contribution in [0.25, 0.3) is 0 Å². The second-order valence-electron chi connectivity index (χ2n) is 6.66. The molecule has 136 valence electrons. The molecule has 0 bridgehead atoms. The van der Waals surface area contributed by atoms with Gasteiger partial charge in [0.25, 0.3) is 0 Å². The fraction of sp³-hybridized carbons (Fsp3) is 0.765. The van der Waals surface area contributed by atoms with Crippen LogP contribution in [0.15, 0.2) is 4.52 Å². The lowest BCUT2D eigenvalue weighted by molar-refractivity contribution is 0.105. The van der Waals surface area contributed by atoms with Crippen LogP contribution in [0.2, 0.25) is 0 Å². The summed E-state index contributed by atoms with van der Waals surface area (Å²) in [6.45, 7) is 14.8. The number of nitrogens with zero attached hydrogens (tertiary/aromatic N) is 4.